The van der Waals surface area contributed by atoms with Gasteiger partial charge in [0.15, 0.2) is 0 Å². The number of hydrogen-bond acceptors (Lipinski definition) is 6. The molecule has 0 atom stereocenters. The van der Waals surface area contributed by atoms with E-state index in [-0.39, 0.29) is 21.9 Å². The zero-order valence-electron chi connectivity index (χ0n) is 5.77. The monoisotopic (exact) mass is 171 g/mol. The highest BCUT2D eigenvalue weighted by atomic mass is 16.5. The number of rotatable bonds is 0. The summed E-state index contributed by atoms with van der Waals surface area (Å²) in [5, 5.41) is 20.0. The van der Waals surface area contributed by atoms with Gasteiger partial charge >= 0.3 is 11.7 Å². The Morgan fingerprint density at radius 2 is 2.00 bits per heavy atom. The van der Waals surface area contributed by atoms with Gasteiger partial charge in [-0.25, -0.2) is 0 Å². The van der Waals surface area contributed by atoms with Crippen LogP contribution in [0.3, 0.4) is 0 Å². The summed E-state index contributed by atoms with van der Waals surface area (Å²) in [6.07, 6.45) is 0. The van der Waals surface area contributed by atoms with E-state index in [0.717, 1.165) is 0 Å². The van der Waals surface area contributed by atoms with Crippen LogP contribution in [0.5, 0.6) is 5.75 Å². The molecular weight excluding hydrogens is 166 g/mol. The predicted octanol–water partition coefficient (Wildman–Crippen LogP) is -0.471. The van der Waals surface area contributed by atoms with E-state index in [2.05, 4.69) is 8.83 Å². The largest absolute Gasteiger partial charge is 0.706 e. The first-order valence-corrected chi connectivity index (χ1v) is 3.00. The zero-order valence-corrected chi connectivity index (χ0v) is 5.77. The van der Waals surface area contributed by atoms with Gasteiger partial charge in [-0.1, -0.05) is 0 Å². The molecule has 5 N–H and O–H groups in total. The maximum Gasteiger partial charge on any atom is 0.459 e. The Bertz CT molecular complexity index is 401. The molecule has 0 unspecified atom stereocenters. The molecule has 2 aromatic rings. The molecule has 0 radical (unpaired) electrons. The molecule has 0 bridgehead atoms. The molecular formula is C5H5N3O4. The van der Waals surface area contributed by atoms with Gasteiger partial charge < -0.3 is 24.9 Å². The van der Waals surface area contributed by atoms with Crippen LogP contribution in [-0.2, 0) is 0 Å². The van der Waals surface area contributed by atoms with Gasteiger partial charge in [-0.15, -0.1) is 0 Å². The minimum Gasteiger partial charge on any atom is -0.706 e. The van der Waals surface area contributed by atoms with E-state index >= 15 is 0 Å². The summed E-state index contributed by atoms with van der Waals surface area (Å²) in [4.78, 5) is 0. The van der Waals surface area contributed by atoms with Crippen LogP contribution < -0.4 is 16.2 Å². The molecule has 2 aromatic heterocycles. The Kier molecular flexibility index (Phi) is 0.972. The van der Waals surface area contributed by atoms with Crippen molar-refractivity contribution < 1.29 is 18.7 Å². The van der Waals surface area contributed by atoms with Gasteiger partial charge in [-0.3, -0.25) is 5.73 Å². The van der Waals surface area contributed by atoms with Crippen molar-refractivity contribution in [1.29, 1.82) is 0 Å². The summed E-state index contributed by atoms with van der Waals surface area (Å²) in [7, 11) is 0. The van der Waals surface area contributed by atoms with Crippen LogP contribution in [0.1, 0.15) is 0 Å². The van der Waals surface area contributed by atoms with Crippen molar-refractivity contribution in [3.63, 3.8) is 0 Å². The average molecular weight is 171 g/mol. The fourth-order valence-electron chi connectivity index (χ4n) is 0.884. The second kappa shape index (κ2) is 1.76. The Labute approximate surface area is 65.4 Å². The van der Waals surface area contributed by atoms with Crippen molar-refractivity contribution in [3.8, 4) is 5.75 Å². The van der Waals surface area contributed by atoms with E-state index in [4.69, 9.17) is 16.6 Å². The lowest BCUT2D eigenvalue weighted by Gasteiger charge is -1.92. The molecule has 7 nitrogen and oxygen atoms in total. The lowest BCUT2D eigenvalue weighted by atomic mass is 10.5. The highest BCUT2D eigenvalue weighted by molar-refractivity contribution is 5.78. The maximum atomic E-state index is 10.9. The highest BCUT2D eigenvalue weighted by Gasteiger charge is 2.22. The van der Waals surface area contributed by atoms with Crippen LogP contribution in [-0.4, -0.2) is 5.11 Å². The molecule has 2 rings (SSSR count). The summed E-state index contributed by atoms with van der Waals surface area (Å²) in [6, 6.07) is -0.404. The smallest absolute Gasteiger partial charge is 0.459 e. The summed E-state index contributed by atoms with van der Waals surface area (Å²) < 4.78 is 9.51. The summed E-state index contributed by atoms with van der Waals surface area (Å²) >= 11 is 0. The first kappa shape index (κ1) is 6.65. The number of oxazole rings is 1. The molecule has 0 aliphatic carbocycles. The third kappa shape index (κ3) is 0.570. The number of nitrogen functional groups attached to an aromatic ring is 2. The number of aromatic nitrogens is 1. The van der Waals surface area contributed by atoms with Crippen LogP contribution in [0.15, 0.2) is 8.83 Å². The lowest BCUT2D eigenvalue weighted by molar-refractivity contribution is -0.572. The number of anilines is 2. The first-order chi connectivity index (χ1) is 5.61. The van der Waals surface area contributed by atoms with Crippen molar-refractivity contribution in [2.24, 2.45) is 0 Å². The minimum atomic E-state index is -0.411. The third-order valence-corrected chi connectivity index (χ3v) is 1.44. The van der Waals surface area contributed by atoms with Crippen LogP contribution in [0, 0.1) is 5.21 Å². The molecule has 2 heterocycles. The number of aromatic hydroxyl groups is 1. The van der Waals surface area contributed by atoms with Gasteiger partial charge in [-0.05, 0) is 0 Å². The van der Waals surface area contributed by atoms with E-state index in [0.29, 0.717) is 0 Å². The number of hydrogen-bond donors (Lipinski definition) is 3. The van der Waals surface area contributed by atoms with Crippen molar-refractivity contribution >= 4 is 23.2 Å². The van der Waals surface area contributed by atoms with E-state index in [1.807, 2.05) is 0 Å². The molecule has 0 saturated heterocycles. The Balaban J connectivity index is 2.93. The van der Waals surface area contributed by atoms with Crippen molar-refractivity contribution in [1.82, 2.24) is 0 Å². The summed E-state index contributed by atoms with van der Waals surface area (Å²) in [5.74, 6) is -0.681. The second-order valence-electron chi connectivity index (χ2n) is 2.18. The Hall–Kier alpha value is -2.05. The van der Waals surface area contributed by atoms with Gasteiger partial charge in [0.2, 0.25) is 11.6 Å². The quantitative estimate of drug-likeness (QED) is 0.363. The molecule has 0 fully saturated rings. The molecule has 64 valence electrons. The Morgan fingerprint density at radius 1 is 1.33 bits per heavy atom. The standard InChI is InChI=1S/C5H5N3O4/c6-3-1(9)2-4(12-3)8(10)5(7)11-2/h9H,6-7H2. The molecule has 0 spiro atoms. The van der Waals surface area contributed by atoms with Crippen LogP contribution in [0.4, 0.5) is 11.9 Å². The molecule has 0 aliphatic rings. The van der Waals surface area contributed by atoms with Crippen molar-refractivity contribution in [3.05, 3.63) is 5.21 Å². The van der Waals surface area contributed by atoms with Crippen molar-refractivity contribution in [2.45, 2.75) is 0 Å². The normalized spacial score (nSPS) is 11.0. The predicted molar refractivity (Wildman–Crippen MR) is 37.9 cm³/mol. The van der Waals surface area contributed by atoms with E-state index in [9.17, 15) is 5.21 Å². The first-order valence-electron chi connectivity index (χ1n) is 3.00. The van der Waals surface area contributed by atoms with E-state index in [1.165, 1.54) is 0 Å². The second-order valence-corrected chi connectivity index (χ2v) is 2.18. The van der Waals surface area contributed by atoms with Crippen LogP contribution >= 0.6 is 0 Å². The van der Waals surface area contributed by atoms with Gasteiger partial charge in [0, 0.05) is 0 Å². The summed E-state index contributed by atoms with van der Waals surface area (Å²) in [5.41, 5.74) is 9.86. The van der Waals surface area contributed by atoms with Crippen molar-refractivity contribution in [2.75, 3.05) is 11.5 Å². The Morgan fingerprint density at radius 3 is 2.58 bits per heavy atom. The lowest BCUT2D eigenvalue weighted by Crippen LogP contribution is -2.27. The summed E-state index contributed by atoms with van der Waals surface area (Å²) in [6.45, 7) is 0. The highest BCUT2D eigenvalue weighted by Crippen LogP contribution is 2.33. The molecule has 0 amide bonds. The molecule has 0 saturated carbocycles. The van der Waals surface area contributed by atoms with Crippen LogP contribution in [0.2, 0.25) is 0 Å². The molecule has 0 aromatic carbocycles. The van der Waals surface area contributed by atoms with Gasteiger partial charge in [0.1, 0.15) is 0 Å². The number of furan rings is 1. The fourth-order valence-corrected chi connectivity index (χ4v) is 0.884. The number of nitrogens with zero attached hydrogens (tertiary/aromatic N) is 1. The van der Waals surface area contributed by atoms with E-state index < -0.39 is 11.8 Å². The SMILES string of the molecule is Nc1oc2c(oc(N)[n+]2[O-])c1O. The zero-order chi connectivity index (χ0) is 8.88. The van der Waals surface area contributed by atoms with Crippen LogP contribution in [0.25, 0.3) is 11.3 Å². The third-order valence-electron chi connectivity index (χ3n) is 1.44. The van der Waals surface area contributed by atoms with Gasteiger partial charge in [0.05, 0.1) is 0 Å². The maximum absolute atomic E-state index is 10.9. The topological polar surface area (TPSA) is 125 Å². The van der Waals surface area contributed by atoms with Gasteiger partial charge in [-0.2, -0.15) is 4.73 Å². The number of nitrogens with two attached hydrogens (primary N) is 2. The number of fused-ring (bicyclic) bond motifs is 1. The van der Waals surface area contributed by atoms with E-state index in [1.54, 1.807) is 0 Å². The molecule has 12 heavy (non-hydrogen) atoms. The minimum absolute atomic E-state index is 0.139. The average Bonchev–Trinajstić information content (AvgIpc) is 2.43. The molecule has 7 heteroatoms. The molecule has 0 aliphatic heterocycles. The van der Waals surface area contributed by atoms with Gasteiger partial charge in [0.25, 0.3) is 5.58 Å². The fraction of sp³-hybridized carbons (Fsp3) is 0.